The lowest BCUT2D eigenvalue weighted by molar-refractivity contribution is 0.597. The van der Waals surface area contributed by atoms with E-state index in [0.717, 1.165) is 10.0 Å². The number of nitrogens with one attached hydrogen (secondary N) is 1. The maximum atomic E-state index is 12.0. The Balaban J connectivity index is 2.22. The van der Waals surface area contributed by atoms with Crippen molar-refractivity contribution < 1.29 is 8.42 Å². The maximum absolute atomic E-state index is 12.0. The molecule has 0 fully saturated rings. The maximum Gasteiger partial charge on any atom is 0.180 e. The van der Waals surface area contributed by atoms with Crippen LogP contribution >= 0.6 is 15.9 Å². The van der Waals surface area contributed by atoms with Gasteiger partial charge in [0.15, 0.2) is 9.84 Å². The Hall–Kier alpha value is -1.40. The molecule has 0 spiro atoms. The van der Waals surface area contributed by atoms with E-state index in [-0.39, 0.29) is 5.75 Å². The van der Waals surface area contributed by atoms with Crippen molar-refractivity contribution in [2.45, 2.75) is 18.4 Å². The molecule has 0 bridgehead atoms. The second-order valence-corrected chi connectivity index (χ2v) is 7.43. The highest BCUT2D eigenvalue weighted by Crippen LogP contribution is 2.22. The number of hydrogen-bond donors (Lipinski definition) is 1. The lowest BCUT2D eigenvalue weighted by Crippen LogP contribution is -2.09. The van der Waals surface area contributed by atoms with Gasteiger partial charge in [0.1, 0.15) is 0 Å². The Morgan fingerprint density at radius 2 is 2.00 bits per heavy atom. The van der Waals surface area contributed by atoms with Crippen molar-refractivity contribution in [3.05, 3.63) is 52.8 Å². The molecule has 6 heteroatoms. The number of anilines is 1. The predicted molar refractivity (Wildman–Crippen MR) is 83.4 cm³/mol. The first-order chi connectivity index (χ1) is 9.53. The molecule has 20 heavy (non-hydrogen) atoms. The second kappa shape index (κ2) is 6.37. The van der Waals surface area contributed by atoms with E-state index in [1.165, 1.54) is 0 Å². The standard InChI is InChI=1S/C14H15BrN2O2S/c1-2-20(18,19)14-6-4-3-5-13(14)17-9-11-7-12(15)10-16-8-11/h3-8,10,17H,2,9H2,1H3. The first-order valence-corrected chi connectivity index (χ1v) is 8.62. The van der Waals surface area contributed by atoms with Crippen molar-refractivity contribution in [1.29, 1.82) is 0 Å². The molecule has 4 nitrogen and oxygen atoms in total. The fraction of sp³-hybridized carbons (Fsp3) is 0.214. The minimum atomic E-state index is -3.23. The second-order valence-electron chi connectivity index (χ2n) is 4.26. The van der Waals surface area contributed by atoms with Crippen molar-refractivity contribution >= 4 is 31.5 Å². The van der Waals surface area contributed by atoms with Crippen LogP contribution in [-0.2, 0) is 16.4 Å². The fourth-order valence-corrected chi connectivity index (χ4v) is 3.27. The van der Waals surface area contributed by atoms with E-state index in [1.54, 1.807) is 37.5 Å². The fourth-order valence-electron chi connectivity index (χ4n) is 1.79. The molecule has 0 atom stereocenters. The van der Waals surface area contributed by atoms with E-state index in [0.29, 0.717) is 17.1 Å². The van der Waals surface area contributed by atoms with Crippen LogP contribution in [0.3, 0.4) is 0 Å². The number of sulfone groups is 1. The number of pyridine rings is 1. The quantitative estimate of drug-likeness (QED) is 0.895. The Morgan fingerprint density at radius 3 is 2.70 bits per heavy atom. The Morgan fingerprint density at radius 1 is 1.25 bits per heavy atom. The average Bonchev–Trinajstić information content (AvgIpc) is 2.45. The molecule has 2 rings (SSSR count). The topological polar surface area (TPSA) is 59.1 Å². The highest BCUT2D eigenvalue weighted by atomic mass is 79.9. The average molecular weight is 355 g/mol. The summed E-state index contributed by atoms with van der Waals surface area (Å²) < 4.78 is 24.9. The molecule has 1 N–H and O–H groups in total. The molecule has 1 heterocycles. The van der Waals surface area contributed by atoms with E-state index < -0.39 is 9.84 Å². The zero-order chi connectivity index (χ0) is 14.6. The Kier molecular flexibility index (Phi) is 4.77. The van der Waals surface area contributed by atoms with E-state index in [2.05, 4.69) is 26.2 Å². The summed E-state index contributed by atoms with van der Waals surface area (Å²) in [5.74, 6) is 0.0874. The van der Waals surface area contributed by atoms with Crippen molar-refractivity contribution in [1.82, 2.24) is 4.98 Å². The summed E-state index contributed by atoms with van der Waals surface area (Å²) in [7, 11) is -3.23. The Labute approximate surface area is 127 Å². The summed E-state index contributed by atoms with van der Waals surface area (Å²) in [6, 6.07) is 8.88. The van der Waals surface area contributed by atoms with E-state index in [4.69, 9.17) is 0 Å². The first-order valence-electron chi connectivity index (χ1n) is 6.18. The molecule has 1 aromatic carbocycles. The smallest absolute Gasteiger partial charge is 0.180 e. The van der Waals surface area contributed by atoms with Crippen LogP contribution in [-0.4, -0.2) is 19.2 Å². The van der Waals surface area contributed by atoms with Crippen LogP contribution in [0.1, 0.15) is 12.5 Å². The molecule has 0 amide bonds. The van der Waals surface area contributed by atoms with Gasteiger partial charge in [-0.3, -0.25) is 4.98 Å². The lowest BCUT2D eigenvalue weighted by Gasteiger charge is -2.11. The van der Waals surface area contributed by atoms with Gasteiger partial charge in [-0.05, 0) is 39.7 Å². The van der Waals surface area contributed by atoms with Gasteiger partial charge < -0.3 is 5.32 Å². The molecule has 2 aromatic rings. The number of nitrogens with zero attached hydrogens (tertiary/aromatic N) is 1. The van der Waals surface area contributed by atoms with Gasteiger partial charge in [-0.2, -0.15) is 0 Å². The minimum Gasteiger partial charge on any atom is -0.380 e. The van der Waals surface area contributed by atoms with Crippen LogP contribution in [0.25, 0.3) is 0 Å². The molecule has 0 unspecified atom stereocenters. The number of benzene rings is 1. The van der Waals surface area contributed by atoms with Crippen molar-refractivity contribution in [3.8, 4) is 0 Å². The predicted octanol–water partition coefficient (Wildman–Crippen LogP) is 3.25. The van der Waals surface area contributed by atoms with Gasteiger partial charge in [0, 0.05) is 23.4 Å². The largest absolute Gasteiger partial charge is 0.380 e. The van der Waals surface area contributed by atoms with Gasteiger partial charge in [0.25, 0.3) is 0 Å². The SMILES string of the molecule is CCS(=O)(=O)c1ccccc1NCc1cncc(Br)c1. The van der Waals surface area contributed by atoms with Gasteiger partial charge in [-0.1, -0.05) is 19.1 Å². The van der Waals surface area contributed by atoms with Crippen LogP contribution in [0.4, 0.5) is 5.69 Å². The number of halogens is 1. The van der Waals surface area contributed by atoms with Gasteiger partial charge in [-0.25, -0.2) is 8.42 Å². The van der Waals surface area contributed by atoms with Crippen LogP contribution in [0, 0.1) is 0 Å². The van der Waals surface area contributed by atoms with Crippen LogP contribution in [0.15, 0.2) is 52.1 Å². The number of aromatic nitrogens is 1. The molecule has 0 saturated carbocycles. The van der Waals surface area contributed by atoms with Gasteiger partial charge >= 0.3 is 0 Å². The summed E-state index contributed by atoms with van der Waals surface area (Å²) in [5.41, 5.74) is 1.59. The summed E-state index contributed by atoms with van der Waals surface area (Å²) in [5, 5.41) is 3.16. The zero-order valence-corrected chi connectivity index (χ0v) is 13.4. The summed E-state index contributed by atoms with van der Waals surface area (Å²) in [6.45, 7) is 2.16. The number of hydrogen-bond acceptors (Lipinski definition) is 4. The third-order valence-electron chi connectivity index (χ3n) is 2.85. The normalized spacial score (nSPS) is 11.3. The molecule has 0 aliphatic carbocycles. The molecular weight excluding hydrogens is 340 g/mol. The molecule has 0 aliphatic heterocycles. The number of para-hydroxylation sites is 1. The highest BCUT2D eigenvalue weighted by molar-refractivity contribution is 9.10. The summed E-state index contributed by atoms with van der Waals surface area (Å²) >= 11 is 3.36. The molecule has 1 aromatic heterocycles. The molecule has 0 saturated heterocycles. The van der Waals surface area contributed by atoms with Crippen LogP contribution in [0.5, 0.6) is 0 Å². The van der Waals surface area contributed by atoms with E-state index in [1.807, 2.05) is 12.1 Å². The minimum absolute atomic E-state index is 0.0874. The van der Waals surface area contributed by atoms with Crippen molar-refractivity contribution in [2.75, 3.05) is 11.1 Å². The highest BCUT2D eigenvalue weighted by Gasteiger charge is 2.15. The van der Waals surface area contributed by atoms with Crippen molar-refractivity contribution in [2.24, 2.45) is 0 Å². The molecule has 0 aliphatic rings. The zero-order valence-electron chi connectivity index (χ0n) is 11.0. The molecule has 106 valence electrons. The van der Waals surface area contributed by atoms with Gasteiger partial charge in [0.2, 0.25) is 0 Å². The van der Waals surface area contributed by atoms with Gasteiger partial charge in [0.05, 0.1) is 16.3 Å². The Bertz CT molecular complexity index is 702. The summed E-state index contributed by atoms with van der Waals surface area (Å²) in [4.78, 5) is 4.42. The number of rotatable bonds is 5. The van der Waals surface area contributed by atoms with Crippen LogP contribution in [0.2, 0.25) is 0 Å². The monoisotopic (exact) mass is 354 g/mol. The van der Waals surface area contributed by atoms with Crippen LogP contribution < -0.4 is 5.32 Å². The molecular formula is C14H15BrN2O2S. The first kappa shape index (κ1) is 15.0. The van der Waals surface area contributed by atoms with E-state index in [9.17, 15) is 8.42 Å². The van der Waals surface area contributed by atoms with Gasteiger partial charge in [-0.15, -0.1) is 0 Å². The third-order valence-corrected chi connectivity index (χ3v) is 5.07. The molecule has 0 radical (unpaired) electrons. The summed E-state index contributed by atoms with van der Waals surface area (Å²) in [6.07, 6.45) is 3.45. The van der Waals surface area contributed by atoms with Crippen molar-refractivity contribution in [3.63, 3.8) is 0 Å². The third kappa shape index (κ3) is 3.58. The lowest BCUT2D eigenvalue weighted by atomic mass is 10.2. The van der Waals surface area contributed by atoms with E-state index >= 15 is 0 Å².